The molecule has 24 heavy (non-hydrogen) atoms. The highest BCUT2D eigenvalue weighted by Gasteiger charge is 2.15. The van der Waals surface area contributed by atoms with Gasteiger partial charge in [0.15, 0.2) is 0 Å². The van der Waals surface area contributed by atoms with Gasteiger partial charge in [0, 0.05) is 37.8 Å². The van der Waals surface area contributed by atoms with Crippen LogP contribution < -0.4 is 10.2 Å². The number of hydrogen-bond donors (Lipinski definition) is 3. The van der Waals surface area contributed by atoms with E-state index in [9.17, 15) is 4.79 Å². The zero-order chi connectivity index (χ0) is 16.9. The van der Waals surface area contributed by atoms with Crippen LogP contribution in [0.4, 0.5) is 5.82 Å². The smallest absolute Gasteiger partial charge is 0.221 e. The number of amides is 1. The van der Waals surface area contributed by atoms with E-state index in [4.69, 9.17) is 17.0 Å². The molecule has 0 aliphatic carbocycles. The molecule has 0 aromatic carbocycles. The van der Waals surface area contributed by atoms with Crippen LogP contribution in [0.5, 0.6) is 0 Å². The number of rotatable bonds is 4. The van der Waals surface area contributed by atoms with Gasteiger partial charge in [0.05, 0.1) is 11.9 Å². The number of H-pyrrole nitrogens is 1. The minimum atomic E-state index is -0.0523. The number of imidazole rings is 1. The Morgan fingerprint density at radius 1 is 1.38 bits per heavy atom. The van der Waals surface area contributed by atoms with Crippen LogP contribution in [0.25, 0.3) is 17.3 Å². The van der Waals surface area contributed by atoms with Crippen LogP contribution >= 0.6 is 11.6 Å². The van der Waals surface area contributed by atoms with Gasteiger partial charge in [-0.2, -0.15) is 0 Å². The van der Waals surface area contributed by atoms with Crippen molar-refractivity contribution in [2.45, 2.75) is 6.42 Å². The Labute approximate surface area is 144 Å². The lowest BCUT2D eigenvalue weighted by Gasteiger charge is -2.20. The van der Waals surface area contributed by atoms with E-state index in [1.165, 1.54) is 6.08 Å². The Morgan fingerprint density at radius 2 is 2.25 bits per heavy atom. The number of aromatic amines is 1. The van der Waals surface area contributed by atoms with Gasteiger partial charge in [-0.25, -0.2) is 9.97 Å². The first-order valence-electron chi connectivity index (χ1n) is 7.57. The van der Waals surface area contributed by atoms with E-state index in [1.54, 1.807) is 18.5 Å². The van der Waals surface area contributed by atoms with Gasteiger partial charge in [-0.1, -0.05) is 11.6 Å². The van der Waals surface area contributed by atoms with Crippen molar-refractivity contribution in [2.24, 2.45) is 0 Å². The second-order valence-corrected chi connectivity index (χ2v) is 5.76. The number of nitrogens with zero attached hydrogens (tertiary/aromatic N) is 3. The second-order valence-electron chi connectivity index (χ2n) is 5.35. The molecule has 0 radical (unpaired) electrons. The minimum Gasteiger partial charge on any atom is -0.354 e. The molecule has 1 saturated heterocycles. The maximum atomic E-state index is 11.5. The van der Waals surface area contributed by atoms with Crippen LogP contribution in [0.2, 0.25) is 0 Å². The molecule has 2 aromatic rings. The van der Waals surface area contributed by atoms with E-state index in [-0.39, 0.29) is 11.1 Å². The molecule has 3 N–H and O–H groups in total. The van der Waals surface area contributed by atoms with Gasteiger partial charge in [0.1, 0.15) is 16.8 Å². The highest BCUT2D eigenvalue weighted by atomic mass is 35.5. The van der Waals surface area contributed by atoms with Crippen molar-refractivity contribution in [2.75, 3.05) is 24.5 Å². The zero-order valence-electron chi connectivity index (χ0n) is 12.9. The lowest BCUT2D eigenvalue weighted by atomic mass is 10.2. The van der Waals surface area contributed by atoms with Gasteiger partial charge in [0.2, 0.25) is 5.91 Å². The molecule has 1 aliphatic rings. The van der Waals surface area contributed by atoms with E-state index < -0.39 is 0 Å². The average molecular weight is 345 g/mol. The van der Waals surface area contributed by atoms with Gasteiger partial charge in [0.25, 0.3) is 0 Å². The molecule has 1 aliphatic heterocycles. The van der Waals surface area contributed by atoms with Crippen molar-refractivity contribution in [1.82, 2.24) is 20.3 Å². The summed E-state index contributed by atoms with van der Waals surface area (Å²) in [6.07, 6.45) is 7.05. The second kappa shape index (κ2) is 7.27. The molecule has 3 rings (SSSR count). The predicted molar refractivity (Wildman–Crippen MR) is 94.3 cm³/mol. The number of nitrogens with one attached hydrogen (secondary N) is 3. The highest BCUT2D eigenvalue weighted by Crippen LogP contribution is 2.22. The van der Waals surface area contributed by atoms with Crippen LogP contribution in [-0.2, 0) is 4.79 Å². The number of carbonyl (C=O) groups is 1. The third-order valence-electron chi connectivity index (χ3n) is 3.68. The molecule has 124 valence electrons. The fourth-order valence-electron chi connectivity index (χ4n) is 2.48. The van der Waals surface area contributed by atoms with Crippen LogP contribution in [0.3, 0.4) is 0 Å². The summed E-state index contributed by atoms with van der Waals surface area (Å²) in [4.78, 5) is 25.4. The van der Waals surface area contributed by atoms with E-state index in [0.717, 1.165) is 23.6 Å². The predicted octanol–water partition coefficient (Wildman–Crippen LogP) is 2.03. The Morgan fingerprint density at radius 3 is 3.08 bits per heavy atom. The first-order chi connectivity index (χ1) is 11.6. The van der Waals surface area contributed by atoms with Gasteiger partial charge < -0.3 is 15.2 Å². The molecule has 0 spiro atoms. The monoisotopic (exact) mass is 344 g/mol. The van der Waals surface area contributed by atoms with E-state index >= 15 is 0 Å². The van der Waals surface area contributed by atoms with Gasteiger partial charge in [-0.3, -0.25) is 10.2 Å². The number of hydrogen-bond acceptors (Lipinski definition) is 5. The Bertz CT molecular complexity index is 784. The normalized spacial score (nSPS) is 15.4. The average Bonchev–Trinajstić information content (AvgIpc) is 2.95. The summed E-state index contributed by atoms with van der Waals surface area (Å²) >= 11 is 5.49. The first-order valence-corrected chi connectivity index (χ1v) is 7.95. The van der Waals surface area contributed by atoms with Crippen molar-refractivity contribution in [3.8, 4) is 11.3 Å². The third kappa shape index (κ3) is 3.99. The number of carbonyl (C=O) groups excluding carboxylic acids is 1. The molecule has 8 heteroatoms. The number of aromatic nitrogens is 3. The number of allylic oxidation sites excluding steroid dienone is 1. The molecular formula is C16H17ClN6O. The van der Waals surface area contributed by atoms with Crippen molar-refractivity contribution in [3.05, 3.63) is 36.4 Å². The lowest BCUT2D eigenvalue weighted by Crippen LogP contribution is -2.28. The van der Waals surface area contributed by atoms with Gasteiger partial charge in [-0.15, -0.1) is 0 Å². The maximum Gasteiger partial charge on any atom is 0.221 e. The zero-order valence-corrected chi connectivity index (χ0v) is 13.7. The molecule has 1 amide bonds. The quantitative estimate of drug-likeness (QED) is 0.739. The first kappa shape index (κ1) is 16.2. The van der Waals surface area contributed by atoms with E-state index in [2.05, 4.69) is 25.2 Å². The van der Waals surface area contributed by atoms with E-state index in [1.807, 2.05) is 12.1 Å². The molecule has 2 aromatic heterocycles. The van der Waals surface area contributed by atoms with Crippen LogP contribution in [0.15, 0.2) is 30.6 Å². The summed E-state index contributed by atoms with van der Waals surface area (Å²) in [5, 5.41) is 9.99. The Balaban J connectivity index is 1.80. The Hall–Kier alpha value is -2.67. The summed E-state index contributed by atoms with van der Waals surface area (Å²) in [7, 11) is 0. The SMILES string of the molecule is N=C(Cl)/C=C\c1ncc(-c2ccnc(N3CCNC(=O)CC3)c2)[nH]1. The molecule has 0 unspecified atom stereocenters. The molecule has 0 saturated carbocycles. The van der Waals surface area contributed by atoms with Crippen LogP contribution in [-0.4, -0.2) is 45.7 Å². The minimum absolute atomic E-state index is 0.0523. The summed E-state index contributed by atoms with van der Waals surface area (Å²) in [6.45, 7) is 2.00. The molecule has 0 bridgehead atoms. The van der Waals surface area contributed by atoms with Crippen LogP contribution in [0.1, 0.15) is 12.2 Å². The summed E-state index contributed by atoms with van der Waals surface area (Å²) in [5.74, 6) is 1.53. The highest BCUT2D eigenvalue weighted by molar-refractivity contribution is 6.67. The number of pyridine rings is 1. The standard InChI is InChI=1S/C16H17ClN6O/c17-13(18)1-2-14-21-10-12(22-14)11-3-5-19-15(9-11)23-7-4-16(24)20-6-8-23/h1-3,5,9-10,18H,4,6-8H2,(H,20,24)(H,21,22)/b2-1-,18-13?. The molecule has 3 heterocycles. The molecular weight excluding hydrogens is 328 g/mol. The van der Waals surface area contributed by atoms with Gasteiger partial charge >= 0.3 is 0 Å². The third-order valence-corrected chi connectivity index (χ3v) is 3.80. The summed E-state index contributed by atoms with van der Waals surface area (Å²) in [5.41, 5.74) is 1.81. The topological polar surface area (TPSA) is 97.8 Å². The van der Waals surface area contributed by atoms with Crippen molar-refractivity contribution >= 4 is 34.6 Å². The van der Waals surface area contributed by atoms with E-state index in [0.29, 0.717) is 25.3 Å². The van der Waals surface area contributed by atoms with Gasteiger partial charge in [-0.05, 0) is 24.3 Å². The Kier molecular flexibility index (Phi) is 4.90. The summed E-state index contributed by atoms with van der Waals surface area (Å²) < 4.78 is 0. The maximum absolute atomic E-state index is 11.5. The summed E-state index contributed by atoms with van der Waals surface area (Å²) in [6, 6.07) is 3.87. The fourth-order valence-corrected chi connectivity index (χ4v) is 2.54. The van der Waals surface area contributed by atoms with Crippen molar-refractivity contribution < 1.29 is 4.79 Å². The fraction of sp³-hybridized carbons (Fsp3) is 0.250. The molecule has 0 atom stereocenters. The largest absolute Gasteiger partial charge is 0.354 e. The molecule has 7 nitrogen and oxygen atoms in total. The van der Waals surface area contributed by atoms with Crippen LogP contribution in [0, 0.1) is 5.41 Å². The van der Waals surface area contributed by atoms with Crippen molar-refractivity contribution in [1.29, 1.82) is 5.41 Å². The lowest BCUT2D eigenvalue weighted by molar-refractivity contribution is -0.120. The number of halogens is 1. The van der Waals surface area contributed by atoms with Crippen molar-refractivity contribution in [3.63, 3.8) is 0 Å². The number of anilines is 1. The molecule has 1 fully saturated rings.